The topological polar surface area (TPSA) is 90.5 Å². The van der Waals surface area contributed by atoms with Crippen molar-refractivity contribution < 1.29 is 22.7 Å². The second-order valence-corrected chi connectivity index (χ2v) is 11.8. The van der Waals surface area contributed by atoms with E-state index in [0.29, 0.717) is 57.2 Å². The summed E-state index contributed by atoms with van der Waals surface area (Å²) in [6.45, 7) is 6.89. The second kappa shape index (κ2) is 9.76. The van der Waals surface area contributed by atoms with E-state index in [2.05, 4.69) is 0 Å². The third-order valence-electron chi connectivity index (χ3n) is 6.38. The van der Waals surface area contributed by atoms with Crippen molar-refractivity contribution in [3.8, 4) is 0 Å². The summed E-state index contributed by atoms with van der Waals surface area (Å²) in [7, 11) is -3.57. The highest BCUT2D eigenvalue weighted by Crippen LogP contribution is 2.24. The minimum absolute atomic E-state index is 0.0117. The Bertz CT molecular complexity index is 905. The quantitative estimate of drug-likeness (QED) is 0.638. The first-order chi connectivity index (χ1) is 15.3. The SMILES string of the molecule is CC1CN(S(=O)(=O)N2CCN(C(=O)C3CCCN(C(=O)c4cccs4)C3)CC2)CC(C)O1. The third kappa shape index (κ3) is 5.01. The fraction of sp³-hybridized carbons (Fsp3) is 0.714. The minimum Gasteiger partial charge on any atom is -0.373 e. The zero-order valence-corrected chi connectivity index (χ0v) is 20.3. The average molecular weight is 485 g/mol. The minimum atomic E-state index is -3.57. The van der Waals surface area contributed by atoms with Crippen molar-refractivity contribution in [2.75, 3.05) is 52.4 Å². The van der Waals surface area contributed by atoms with Crippen LogP contribution in [-0.4, -0.2) is 103 Å². The van der Waals surface area contributed by atoms with Crippen LogP contribution in [0.2, 0.25) is 0 Å². The van der Waals surface area contributed by atoms with Crippen LogP contribution in [0.5, 0.6) is 0 Å². The van der Waals surface area contributed by atoms with E-state index in [1.54, 1.807) is 9.80 Å². The maximum absolute atomic E-state index is 13.1. The lowest BCUT2D eigenvalue weighted by Gasteiger charge is -2.41. The van der Waals surface area contributed by atoms with Crippen molar-refractivity contribution in [1.82, 2.24) is 18.4 Å². The number of piperidine rings is 1. The van der Waals surface area contributed by atoms with Crippen LogP contribution < -0.4 is 0 Å². The first kappa shape index (κ1) is 23.6. The van der Waals surface area contributed by atoms with Gasteiger partial charge in [-0.2, -0.15) is 17.0 Å². The van der Waals surface area contributed by atoms with Gasteiger partial charge in [-0.25, -0.2) is 0 Å². The maximum atomic E-state index is 13.1. The van der Waals surface area contributed by atoms with Crippen molar-refractivity contribution in [3.05, 3.63) is 22.4 Å². The molecular formula is C21H32N4O5S2. The summed E-state index contributed by atoms with van der Waals surface area (Å²) in [5.74, 6) is -0.210. The summed E-state index contributed by atoms with van der Waals surface area (Å²) in [6.07, 6.45) is 1.29. The summed E-state index contributed by atoms with van der Waals surface area (Å²) < 4.78 is 34.8. The Hall–Kier alpha value is -1.53. The van der Waals surface area contributed by atoms with Gasteiger partial charge >= 0.3 is 0 Å². The number of carbonyl (C=O) groups is 2. The molecule has 3 unspecified atom stereocenters. The molecule has 11 heteroatoms. The smallest absolute Gasteiger partial charge is 0.282 e. The van der Waals surface area contributed by atoms with E-state index < -0.39 is 10.2 Å². The summed E-state index contributed by atoms with van der Waals surface area (Å²) in [6, 6.07) is 3.67. The van der Waals surface area contributed by atoms with Gasteiger partial charge in [0, 0.05) is 52.4 Å². The van der Waals surface area contributed by atoms with Gasteiger partial charge in [0.2, 0.25) is 5.91 Å². The molecule has 3 fully saturated rings. The Morgan fingerprint density at radius 2 is 1.66 bits per heavy atom. The Morgan fingerprint density at radius 1 is 0.969 bits per heavy atom. The standard InChI is InChI=1S/C21H32N4O5S2/c1-16-13-25(14-17(2)30-16)32(28,29)24-10-8-22(9-11-24)20(26)18-5-3-7-23(15-18)21(27)19-6-4-12-31-19/h4,6,12,16-18H,3,5,7-11,13-15H2,1-2H3. The molecule has 3 atom stereocenters. The average Bonchev–Trinajstić information content (AvgIpc) is 3.32. The fourth-order valence-corrected chi connectivity index (χ4v) is 7.24. The molecule has 3 aliphatic rings. The van der Waals surface area contributed by atoms with E-state index in [1.807, 2.05) is 31.4 Å². The predicted octanol–water partition coefficient (Wildman–Crippen LogP) is 1.10. The van der Waals surface area contributed by atoms with Crippen LogP contribution in [0.4, 0.5) is 0 Å². The van der Waals surface area contributed by atoms with Crippen molar-refractivity contribution in [2.45, 2.75) is 38.9 Å². The van der Waals surface area contributed by atoms with Gasteiger partial charge in [-0.15, -0.1) is 11.3 Å². The number of nitrogens with zero attached hydrogens (tertiary/aromatic N) is 4. The van der Waals surface area contributed by atoms with Crippen molar-refractivity contribution >= 4 is 33.4 Å². The number of thiophene rings is 1. The van der Waals surface area contributed by atoms with Crippen molar-refractivity contribution in [2.24, 2.45) is 5.92 Å². The normalized spacial score (nSPS) is 28.6. The summed E-state index contributed by atoms with van der Waals surface area (Å²) >= 11 is 1.42. The summed E-state index contributed by atoms with van der Waals surface area (Å²) in [4.78, 5) is 30.1. The van der Waals surface area contributed by atoms with Crippen LogP contribution in [0.15, 0.2) is 17.5 Å². The maximum Gasteiger partial charge on any atom is 0.282 e. The first-order valence-corrected chi connectivity index (χ1v) is 13.6. The molecule has 2 amide bonds. The number of carbonyl (C=O) groups excluding carboxylic acids is 2. The monoisotopic (exact) mass is 484 g/mol. The van der Waals surface area contributed by atoms with Crippen LogP contribution in [0.1, 0.15) is 36.4 Å². The molecule has 0 aromatic carbocycles. The summed E-state index contributed by atoms with van der Waals surface area (Å²) in [5.41, 5.74) is 0. The van der Waals surface area contributed by atoms with Gasteiger partial charge in [0.1, 0.15) is 0 Å². The molecule has 1 aromatic rings. The molecule has 0 bridgehead atoms. The number of hydrogen-bond acceptors (Lipinski definition) is 6. The molecule has 0 radical (unpaired) electrons. The summed E-state index contributed by atoms with van der Waals surface area (Å²) in [5, 5.41) is 1.88. The van der Waals surface area contributed by atoms with E-state index in [9.17, 15) is 18.0 Å². The number of morpholine rings is 1. The van der Waals surface area contributed by atoms with Crippen molar-refractivity contribution in [3.63, 3.8) is 0 Å². The predicted molar refractivity (Wildman–Crippen MR) is 122 cm³/mol. The van der Waals surface area contributed by atoms with E-state index in [-0.39, 0.29) is 29.9 Å². The van der Waals surface area contributed by atoms with Crippen LogP contribution in [0, 0.1) is 5.92 Å². The van der Waals surface area contributed by atoms with Crippen LogP contribution in [0.3, 0.4) is 0 Å². The zero-order valence-electron chi connectivity index (χ0n) is 18.7. The lowest BCUT2D eigenvalue weighted by molar-refractivity contribution is -0.138. The lowest BCUT2D eigenvalue weighted by atomic mass is 9.96. The lowest BCUT2D eigenvalue weighted by Crippen LogP contribution is -2.58. The molecule has 3 saturated heterocycles. The molecule has 3 aliphatic heterocycles. The molecule has 4 heterocycles. The molecule has 0 aliphatic carbocycles. The van der Waals surface area contributed by atoms with Gasteiger partial charge in [0.25, 0.3) is 16.1 Å². The van der Waals surface area contributed by atoms with E-state index in [4.69, 9.17) is 4.74 Å². The van der Waals surface area contributed by atoms with Gasteiger partial charge in [-0.05, 0) is 38.1 Å². The van der Waals surface area contributed by atoms with Gasteiger partial charge < -0.3 is 14.5 Å². The largest absolute Gasteiger partial charge is 0.373 e. The van der Waals surface area contributed by atoms with Gasteiger partial charge in [-0.1, -0.05) is 6.07 Å². The zero-order chi connectivity index (χ0) is 22.9. The Kier molecular flexibility index (Phi) is 7.21. The van der Waals surface area contributed by atoms with E-state index >= 15 is 0 Å². The molecule has 1 aromatic heterocycles. The third-order valence-corrected chi connectivity index (χ3v) is 9.21. The van der Waals surface area contributed by atoms with Crippen LogP contribution >= 0.6 is 11.3 Å². The highest BCUT2D eigenvalue weighted by atomic mass is 32.2. The highest BCUT2D eigenvalue weighted by molar-refractivity contribution is 7.86. The molecule has 0 saturated carbocycles. The molecule has 9 nitrogen and oxygen atoms in total. The van der Waals surface area contributed by atoms with Crippen molar-refractivity contribution in [1.29, 1.82) is 0 Å². The number of piperazine rings is 1. The van der Waals surface area contributed by atoms with Gasteiger partial charge in [0.05, 0.1) is 23.0 Å². The number of hydrogen-bond donors (Lipinski definition) is 0. The van der Waals surface area contributed by atoms with E-state index in [0.717, 1.165) is 12.8 Å². The molecule has 4 rings (SSSR count). The molecule has 0 spiro atoms. The Morgan fingerprint density at radius 3 is 2.28 bits per heavy atom. The Balaban J connectivity index is 1.32. The van der Waals surface area contributed by atoms with Crippen LogP contribution in [0.25, 0.3) is 0 Å². The molecular weight excluding hydrogens is 452 g/mol. The number of amides is 2. The van der Waals surface area contributed by atoms with Gasteiger partial charge in [-0.3, -0.25) is 9.59 Å². The first-order valence-electron chi connectivity index (χ1n) is 11.3. The Labute approximate surface area is 194 Å². The van der Waals surface area contributed by atoms with Gasteiger partial charge in [0.15, 0.2) is 0 Å². The van der Waals surface area contributed by atoms with E-state index in [1.165, 1.54) is 19.9 Å². The van der Waals surface area contributed by atoms with Crippen LogP contribution in [-0.2, 0) is 19.7 Å². The molecule has 32 heavy (non-hydrogen) atoms. The number of ether oxygens (including phenoxy) is 1. The highest BCUT2D eigenvalue weighted by Gasteiger charge is 2.39. The fourth-order valence-electron chi connectivity index (χ4n) is 4.80. The molecule has 0 N–H and O–H groups in total. The second-order valence-electron chi connectivity index (χ2n) is 8.87. The molecule has 178 valence electrons. The number of likely N-dealkylation sites (tertiary alicyclic amines) is 1. The number of rotatable bonds is 4.